The van der Waals surface area contributed by atoms with Crippen LogP contribution in [0.3, 0.4) is 0 Å². The Kier molecular flexibility index (Phi) is 4.14. The molecule has 0 aliphatic heterocycles. The van der Waals surface area contributed by atoms with Crippen molar-refractivity contribution in [1.29, 1.82) is 0 Å². The van der Waals surface area contributed by atoms with Gasteiger partial charge in [-0.25, -0.2) is 0 Å². The Bertz CT molecular complexity index is 153. The molecular formula is C7H12ClHgNO. The fourth-order valence-electron chi connectivity index (χ4n) is 1.67. The molecule has 0 unspecified atom stereocenters. The van der Waals surface area contributed by atoms with Gasteiger partial charge in [-0.3, -0.25) is 0 Å². The Morgan fingerprint density at radius 2 is 2.36 bits per heavy atom. The van der Waals surface area contributed by atoms with E-state index in [0.717, 1.165) is 9.85 Å². The van der Waals surface area contributed by atoms with Gasteiger partial charge < -0.3 is 0 Å². The first-order chi connectivity index (χ1) is 5.24. The number of rotatable bonds is 2. The van der Waals surface area contributed by atoms with Crippen LogP contribution >= 0.6 is 8.25 Å². The van der Waals surface area contributed by atoms with E-state index in [1.807, 2.05) is 0 Å². The summed E-state index contributed by atoms with van der Waals surface area (Å²) >= 11 is -1.11. The van der Waals surface area contributed by atoms with Gasteiger partial charge in [-0.05, 0) is 0 Å². The number of nitrogens with one attached hydrogen (secondary N) is 1. The summed E-state index contributed by atoms with van der Waals surface area (Å²) in [6.45, 7) is 1.58. The predicted molar refractivity (Wildman–Crippen MR) is 41.1 cm³/mol. The summed E-state index contributed by atoms with van der Waals surface area (Å²) in [5.41, 5.74) is 0. The summed E-state index contributed by atoms with van der Waals surface area (Å²) in [6, 6.07) is 0.437. The molecule has 0 saturated heterocycles. The minimum absolute atomic E-state index is 0.0976. The third-order valence-corrected chi connectivity index (χ3v) is 11.1. The Labute approximate surface area is 82.9 Å². The molecule has 0 radical (unpaired) electrons. The van der Waals surface area contributed by atoms with Gasteiger partial charge in [-0.1, -0.05) is 0 Å². The average Bonchev–Trinajstić information content (AvgIpc) is 2.34. The van der Waals surface area contributed by atoms with Crippen molar-refractivity contribution < 1.29 is 28.1 Å². The van der Waals surface area contributed by atoms with Crippen LogP contribution in [0.1, 0.15) is 26.2 Å². The van der Waals surface area contributed by atoms with Crippen molar-refractivity contribution in [2.24, 2.45) is 0 Å². The van der Waals surface area contributed by atoms with Crippen LogP contribution in [0.2, 0.25) is 3.43 Å². The van der Waals surface area contributed by atoms with E-state index in [1.54, 1.807) is 6.92 Å². The molecule has 1 aliphatic carbocycles. The second-order valence-corrected chi connectivity index (χ2v) is 11.1. The topological polar surface area (TPSA) is 29.1 Å². The Morgan fingerprint density at radius 1 is 1.64 bits per heavy atom. The molecule has 1 aliphatic rings. The van der Waals surface area contributed by atoms with E-state index in [2.05, 4.69) is 5.32 Å². The summed E-state index contributed by atoms with van der Waals surface area (Å²) in [7, 11) is 5.96. The molecule has 0 spiro atoms. The van der Waals surface area contributed by atoms with Gasteiger partial charge >= 0.3 is 83.3 Å². The minimum atomic E-state index is -1.11. The van der Waals surface area contributed by atoms with E-state index in [-0.39, 0.29) is 5.91 Å². The Hall–Kier alpha value is 0.695. The third kappa shape index (κ3) is 2.90. The summed E-state index contributed by atoms with van der Waals surface area (Å²) in [5.74, 6) is 0.0976. The number of carbonyl (C=O) groups is 1. The van der Waals surface area contributed by atoms with Crippen LogP contribution in [0.15, 0.2) is 0 Å². The Morgan fingerprint density at radius 3 is 2.91 bits per heavy atom. The van der Waals surface area contributed by atoms with Gasteiger partial charge in [0.2, 0.25) is 0 Å². The first-order valence-corrected chi connectivity index (χ1v) is 14.0. The van der Waals surface area contributed by atoms with Crippen LogP contribution < -0.4 is 5.32 Å². The van der Waals surface area contributed by atoms with Crippen molar-refractivity contribution in [3.05, 3.63) is 0 Å². The SMILES string of the molecule is CC(=O)N[C@H]1CCC[C@@H]1[Hg][Cl]. The van der Waals surface area contributed by atoms with Gasteiger partial charge in [0.15, 0.2) is 0 Å². The van der Waals surface area contributed by atoms with E-state index in [9.17, 15) is 4.79 Å². The summed E-state index contributed by atoms with van der Waals surface area (Å²) in [5, 5.41) is 2.97. The fourth-order valence-corrected chi connectivity index (χ4v) is 8.85. The van der Waals surface area contributed by atoms with Gasteiger partial charge in [0.25, 0.3) is 0 Å². The molecule has 1 saturated carbocycles. The zero-order valence-corrected chi connectivity index (χ0v) is 13.0. The quantitative estimate of drug-likeness (QED) is 0.745. The number of hydrogen-bond donors (Lipinski definition) is 1. The fraction of sp³-hybridized carbons (Fsp3) is 0.857. The molecule has 0 aromatic rings. The number of carbonyl (C=O) groups excluding carboxylic acids is 1. The van der Waals surface area contributed by atoms with Gasteiger partial charge in [-0.2, -0.15) is 0 Å². The van der Waals surface area contributed by atoms with Gasteiger partial charge in [0, 0.05) is 0 Å². The first kappa shape index (κ1) is 9.78. The van der Waals surface area contributed by atoms with E-state index in [1.165, 1.54) is 12.8 Å². The molecule has 1 amide bonds. The van der Waals surface area contributed by atoms with E-state index in [0.29, 0.717) is 6.04 Å². The van der Waals surface area contributed by atoms with Crippen LogP contribution in [-0.4, -0.2) is 11.9 Å². The van der Waals surface area contributed by atoms with E-state index in [4.69, 9.17) is 8.25 Å². The number of halogens is 1. The maximum absolute atomic E-state index is 10.7. The molecule has 1 N–H and O–H groups in total. The van der Waals surface area contributed by atoms with Crippen LogP contribution in [-0.2, 0) is 28.1 Å². The number of amides is 1. The average molecular weight is 362 g/mol. The second kappa shape index (κ2) is 4.66. The van der Waals surface area contributed by atoms with Crippen molar-refractivity contribution in [3.63, 3.8) is 0 Å². The molecule has 0 aromatic carbocycles. The molecule has 1 fully saturated rings. The molecule has 4 heteroatoms. The molecule has 0 bridgehead atoms. The van der Waals surface area contributed by atoms with Gasteiger partial charge in [-0.15, -0.1) is 0 Å². The van der Waals surface area contributed by atoms with E-state index >= 15 is 0 Å². The predicted octanol–water partition coefficient (Wildman–Crippen LogP) is 1.70. The summed E-state index contributed by atoms with van der Waals surface area (Å²) in [4.78, 5) is 10.7. The Balaban J connectivity index is 2.37. The van der Waals surface area contributed by atoms with Crippen LogP contribution in [0, 0.1) is 0 Å². The molecule has 2 atom stereocenters. The van der Waals surface area contributed by atoms with Crippen molar-refractivity contribution in [2.75, 3.05) is 0 Å². The molecule has 2 nitrogen and oxygen atoms in total. The van der Waals surface area contributed by atoms with Crippen molar-refractivity contribution in [2.45, 2.75) is 35.7 Å². The number of hydrogen-bond acceptors (Lipinski definition) is 1. The van der Waals surface area contributed by atoms with Crippen molar-refractivity contribution >= 4 is 14.2 Å². The third-order valence-electron chi connectivity index (χ3n) is 2.25. The van der Waals surface area contributed by atoms with Crippen LogP contribution in [0.25, 0.3) is 0 Å². The van der Waals surface area contributed by atoms with Crippen molar-refractivity contribution in [1.82, 2.24) is 5.32 Å². The van der Waals surface area contributed by atoms with E-state index < -0.39 is 23.3 Å². The standard InChI is InChI=1S/C7H12NO.ClH.Hg/c1-6(9)8-7-4-2-3-5-7;;/h4,7H,2-3,5H2,1H3,(H,8,9);1H;/q;;+1/p-1/t7-;;/m1../s1. The van der Waals surface area contributed by atoms with Crippen LogP contribution in [0.5, 0.6) is 0 Å². The maximum atomic E-state index is 10.7. The monoisotopic (exact) mass is 363 g/mol. The zero-order valence-electron chi connectivity index (χ0n) is 6.77. The summed E-state index contributed by atoms with van der Waals surface area (Å²) in [6.07, 6.45) is 3.66. The normalized spacial score (nSPS) is 29.6. The molecule has 11 heavy (non-hydrogen) atoms. The molecule has 0 heterocycles. The van der Waals surface area contributed by atoms with Crippen molar-refractivity contribution in [3.8, 4) is 0 Å². The molecule has 0 aromatic heterocycles. The second-order valence-electron chi connectivity index (χ2n) is 3.15. The first-order valence-electron chi connectivity index (χ1n) is 4.07. The molecular weight excluding hydrogens is 350 g/mol. The van der Waals surface area contributed by atoms with Gasteiger partial charge in [0.1, 0.15) is 0 Å². The molecule has 1 rings (SSSR count). The summed E-state index contributed by atoms with van der Waals surface area (Å²) < 4.78 is 0.723. The van der Waals surface area contributed by atoms with Crippen LogP contribution in [0.4, 0.5) is 0 Å². The molecule has 60 valence electrons. The van der Waals surface area contributed by atoms with Gasteiger partial charge in [0.05, 0.1) is 0 Å². The zero-order chi connectivity index (χ0) is 8.27.